The molecule has 0 spiro atoms. The molecule has 12 N–H and O–H groups in total. The second-order valence-electron chi connectivity index (χ2n) is 9.83. The van der Waals surface area contributed by atoms with Crippen LogP contribution in [0.5, 0.6) is 0 Å². The van der Waals surface area contributed by atoms with Gasteiger partial charge in [0.25, 0.3) is 0 Å². The Bertz CT molecular complexity index is 1240. The number of nitrogens with zero attached hydrogens (tertiary/aromatic N) is 2. The number of carboxylic acids is 2. The number of aromatic nitrogens is 4. The lowest BCUT2D eigenvalue weighted by molar-refractivity contribution is -0.142. The number of carbonyl (C=O) groups excluding carboxylic acids is 4. The summed E-state index contributed by atoms with van der Waals surface area (Å²) in [7, 11) is 4.24. The van der Waals surface area contributed by atoms with Gasteiger partial charge in [-0.05, 0) is 0 Å². The van der Waals surface area contributed by atoms with Gasteiger partial charge in [-0.25, -0.2) is 19.6 Å². The molecular formula is C24H34N10O8S4. The van der Waals surface area contributed by atoms with E-state index in [0.717, 1.165) is 43.2 Å². The number of H-pyrrole nitrogens is 2. The minimum atomic E-state index is -1.40. The number of imidazole rings is 2. The molecule has 1 aliphatic rings. The molecule has 0 aliphatic carbocycles. The van der Waals surface area contributed by atoms with Crippen molar-refractivity contribution in [3.05, 3.63) is 36.4 Å². The Morgan fingerprint density at radius 2 is 1.02 bits per heavy atom. The third-order valence-electron chi connectivity index (χ3n) is 6.26. The third-order valence-corrected chi connectivity index (χ3v) is 11.2. The minimum absolute atomic E-state index is 0.0360. The molecule has 0 bridgehead atoms. The van der Waals surface area contributed by atoms with Crippen LogP contribution < -0.4 is 32.7 Å². The molecule has 22 heteroatoms. The number of carbonyl (C=O) groups is 6. The molecule has 2 aromatic rings. The van der Waals surface area contributed by atoms with Crippen molar-refractivity contribution < 1.29 is 39.0 Å². The summed E-state index contributed by atoms with van der Waals surface area (Å²) in [5.41, 5.74) is 13.1. The monoisotopic (exact) mass is 718 g/mol. The largest absolute Gasteiger partial charge is 0.480 e. The van der Waals surface area contributed by atoms with E-state index in [9.17, 15) is 39.0 Å². The van der Waals surface area contributed by atoms with Crippen molar-refractivity contribution in [3.63, 3.8) is 0 Å². The standard InChI is InChI=1S/C24H34N10O8S4/c25-13-5-43-44-6-14(26)20(36)32-16(2-12-4-28-10-30-12)22(38)34-18(24(41)42)8-46-45-7-17(23(39)40)33-21(37)15(31-19(13)35)1-11-3-27-9-29-11/h3-4,9-10,13-18H,1-2,5-8,25-26H2,(H,27,29)(H,28,30)(H,31,35)(H,32,36)(H,33,37)(H,34,38)(H,39,40)(H,41,42). The number of rotatable bonds is 6. The van der Waals surface area contributed by atoms with Gasteiger partial charge in [-0.15, -0.1) is 0 Å². The van der Waals surface area contributed by atoms with Gasteiger partial charge in [0.15, 0.2) is 0 Å². The van der Waals surface area contributed by atoms with Gasteiger partial charge in [0.1, 0.15) is 24.2 Å². The molecule has 2 aromatic heterocycles. The maximum Gasteiger partial charge on any atom is 0.327 e. The molecule has 4 amide bonds. The highest BCUT2D eigenvalue weighted by Gasteiger charge is 2.31. The summed E-state index contributed by atoms with van der Waals surface area (Å²) in [5, 5.41) is 29.4. The Balaban J connectivity index is 1.79. The smallest absolute Gasteiger partial charge is 0.327 e. The summed E-state index contributed by atoms with van der Waals surface area (Å²) in [4.78, 5) is 89.5. The van der Waals surface area contributed by atoms with Gasteiger partial charge in [-0.3, -0.25) is 19.2 Å². The van der Waals surface area contributed by atoms with Crippen LogP contribution in [0.25, 0.3) is 0 Å². The summed E-state index contributed by atoms with van der Waals surface area (Å²) in [6, 6.07) is -7.34. The van der Waals surface area contributed by atoms with Crippen LogP contribution in [0.4, 0.5) is 0 Å². The molecule has 3 heterocycles. The van der Waals surface area contributed by atoms with E-state index in [2.05, 4.69) is 41.2 Å². The van der Waals surface area contributed by atoms with Crippen LogP contribution in [0.15, 0.2) is 25.0 Å². The van der Waals surface area contributed by atoms with Crippen molar-refractivity contribution in [2.75, 3.05) is 23.0 Å². The van der Waals surface area contributed by atoms with Gasteiger partial charge < -0.3 is 52.9 Å². The summed E-state index contributed by atoms with van der Waals surface area (Å²) in [6.07, 6.45) is 5.60. The van der Waals surface area contributed by atoms with Crippen molar-refractivity contribution in [2.45, 2.75) is 49.1 Å². The molecule has 1 aliphatic heterocycles. The zero-order chi connectivity index (χ0) is 33.6. The molecule has 0 saturated carbocycles. The van der Waals surface area contributed by atoms with E-state index in [1.54, 1.807) is 0 Å². The average molecular weight is 719 g/mol. The number of amides is 4. The zero-order valence-corrected chi connectivity index (χ0v) is 27.3. The molecule has 6 unspecified atom stereocenters. The normalized spacial score (nSPS) is 26.7. The maximum atomic E-state index is 13.2. The van der Waals surface area contributed by atoms with Gasteiger partial charge in [-0.2, -0.15) is 0 Å². The van der Waals surface area contributed by atoms with E-state index in [-0.39, 0.29) is 35.9 Å². The topological polar surface area (TPSA) is 300 Å². The number of aliphatic carboxylic acids is 2. The second-order valence-corrected chi connectivity index (χ2v) is 14.9. The summed E-state index contributed by atoms with van der Waals surface area (Å²) in [5.74, 6) is -5.81. The van der Waals surface area contributed by atoms with Gasteiger partial charge in [0.05, 0.1) is 24.7 Å². The van der Waals surface area contributed by atoms with Crippen LogP contribution in [0.2, 0.25) is 0 Å². The van der Waals surface area contributed by atoms with E-state index in [1.165, 1.54) is 25.0 Å². The predicted octanol–water partition coefficient (Wildman–Crippen LogP) is -2.54. The van der Waals surface area contributed by atoms with Gasteiger partial charge in [-0.1, -0.05) is 43.2 Å². The maximum absolute atomic E-state index is 13.2. The number of aromatic amines is 2. The quantitative estimate of drug-likeness (QED) is 0.138. The fourth-order valence-electron chi connectivity index (χ4n) is 3.73. The third kappa shape index (κ3) is 12.1. The van der Waals surface area contributed by atoms with Crippen LogP contribution in [0.3, 0.4) is 0 Å². The second kappa shape index (κ2) is 18.6. The molecule has 46 heavy (non-hydrogen) atoms. The number of hydrogen-bond acceptors (Lipinski definition) is 14. The fraction of sp³-hybridized carbons (Fsp3) is 0.500. The Kier molecular flexibility index (Phi) is 15.0. The molecule has 0 aromatic carbocycles. The number of nitrogens with two attached hydrogens (primary N) is 2. The average Bonchev–Trinajstić information content (AvgIpc) is 3.73. The van der Waals surface area contributed by atoms with Crippen molar-refractivity contribution in [1.29, 1.82) is 0 Å². The van der Waals surface area contributed by atoms with Crippen LogP contribution in [0, 0.1) is 0 Å². The molecule has 6 atom stereocenters. The Morgan fingerprint density at radius 3 is 1.35 bits per heavy atom. The molecular weight excluding hydrogens is 685 g/mol. The predicted molar refractivity (Wildman–Crippen MR) is 173 cm³/mol. The fourth-order valence-corrected chi connectivity index (χ4v) is 8.28. The molecule has 1 fully saturated rings. The van der Waals surface area contributed by atoms with Gasteiger partial charge in [0, 0.05) is 59.6 Å². The van der Waals surface area contributed by atoms with E-state index < -0.39 is 71.8 Å². The molecule has 3 rings (SSSR count). The highest BCUT2D eigenvalue weighted by atomic mass is 33.1. The van der Waals surface area contributed by atoms with Crippen LogP contribution in [0.1, 0.15) is 11.4 Å². The van der Waals surface area contributed by atoms with E-state index in [0.29, 0.717) is 11.4 Å². The first-order valence-electron chi connectivity index (χ1n) is 13.6. The zero-order valence-electron chi connectivity index (χ0n) is 24.0. The lowest BCUT2D eigenvalue weighted by atomic mass is 10.1. The van der Waals surface area contributed by atoms with Crippen molar-refractivity contribution in [2.24, 2.45) is 11.5 Å². The molecule has 1 saturated heterocycles. The van der Waals surface area contributed by atoms with E-state index >= 15 is 0 Å². The van der Waals surface area contributed by atoms with E-state index in [4.69, 9.17) is 11.5 Å². The van der Waals surface area contributed by atoms with Gasteiger partial charge in [0.2, 0.25) is 23.6 Å². The van der Waals surface area contributed by atoms with Crippen molar-refractivity contribution in [1.82, 2.24) is 41.2 Å². The van der Waals surface area contributed by atoms with Crippen LogP contribution >= 0.6 is 43.2 Å². The first-order chi connectivity index (χ1) is 21.9. The van der Waals surface area contributed by atoms with Crippen LogP contribution in [-0.4, -0.2) is 125 Å². The molecule has 252 valence electrons. The first-order valence-corrected chi connectivity index (χ1v) is 18.5. The van der Waals surface area contributed by atoms with Gasteiger partial charge >= 0.3 is 11.9 Å². The number of hydrogen-bond donors (Lipinski definition) is 10. The van der Waals surface area contributed by atoms with E-state index in [1.807, 2.05) is 0 Å². The molecule has 0 radical (unpaired) electrons. The summed E-state index contributed by atoms with van der Waals surface area (Å²) < 4.78 is 0. The highest BCUT2D eigenvalue weighted by molar-refractivity contribution is 8.77. The Morgan fingerprint density at radius 1 is 0.652 bits per heavy atom. The van der Waals surface area contributed by atoms with Crippen molar-refractivity contribution in [3.8, 4) is 0 Å². The summed E-state index contributed by atoms with van der Waals surface area (Å²) in [6.45, 7) is 0. The molecule has 18 nitrogen and oxygen atoms in total. The summed E-state index contributed by atoms with van der Waals surface area (Å²) >= 11 is 0. The highest BCUT2D eigenvalue weighted by Crippen LogP contribution is 2.24. The lowest BCUT2D eigenvalue weighted by Gasteiger charge is -2.23. The Hall–Kier alpha value is -3.44. The first kappa shape index (κ1) is 37.0. The minimum Gasteiger partial charge on any atom is -0.480 e. The number of nitrogens with one attached hydrogen (secondary N) is 6. The van der Waals surface area contributed by atoms with Crippen LogP contribution in [-0.2, 0) is 41.6 Å². The Labute approximate surface area is 278 Å². The SMILES string of the molecule is NC1CSSCC(N)C(=O)NC(Cc2cnc[nH]2)C(=O)NC(C(=O)O)CSSCC(C(=O)O)NC(=O)C(Cc2cnc[nH]2)NC1=O. The number of carboxylic acid groups (broad SMARTS) is 2. The van der Waals surface area contributed by atoms with Crippen molar-refractivity contribution >= 4 is 78.7 Å². The lowest BCUT2D eigenvalue weighted by Crippen LogP contribution is -2.56.